The number of hydrogen-bond donors (Lipinski definition) is 1. The van der Waals surface area contributed by atoms with Gasteiger partial charge in [0.1, 0.15) is 0 Å². The number of amides is 1. The summed E-state index contributed by atoms with van der Waals surface area (Å²) in [7, 11) is 0. The van der Waals surface area contributed by atoms with Crippen LogP contribution in [-0.4, -0.2) is 32.5 Å². The number of anilines is 1. The zero-order valence-corrected chi connectivity index (χ0v) is 14.1. The molecule has 7 heteroatoms. The zero-order valence-electron chi connectivity index (χ0n) is 13.3. The minimum Gasteiger partial charge on any atom is -0.311 e. The van der Waals surface area contributed by atoms with Gasteiger partial charge >= 0.3 is 5.69 Å². The number of rotatable bonds is 5. The molecule has 0 bridgehead atoms. The Kier molecular flexibility index (Phi) is 4.56. The van der Waals surface area contributed by atoms with Gasteiger partial charge in [-0.3, -0.25) is 9.36 Å². The Labute approximate surface area is 138 Å². The van der Waals surface area contributed by atoms with Crippen molar-refractivity contribution in [3.8, 4) is 0 Å². The molecule has 23 heavy (non-hydrogen) atoms. The number of para-hydroxylation sites is 1. The van der Waals surface area contributed by atoms with Crippen LogP contribution in [0.15, 0.2) is 34.2 Å². The Balaban J connectivity index is 1.75. The first kappa shape index (κ1) is 15.9. The topological polar surface area (TPSA) is 71.0 Å². The molecule has 1 aromatic carbocycles. The number of nitrogens with one attached hydrogen (secondary N) is 1. The normalized spacial score (nSPS) is 14.8. The second-order valence-electron chi connectivity index (χ2n) is 5.59. The van der Waals surface area contributed by atoms with Crippen molar-refractivity contribution in [1.29, 1.82) is 0 Å². The third-order valence-corrected chi connectivity index (χ3v) is 5.03. The van der Waals surface area contributed by atoms with Gasteiger partial charge in [-0.25, -0.2) is 9.89 Å². The molecule has 1 amide bonds. The van der Waals surface area contributed by atoms with Gasteiger partial charge in [0.2, 0.25) is 5.91 Å². The molecule has 122 valence electrons. The zero-order chi connectivity index (χ0) is 16.4. The Bertz CT molecular complexity index is 767. The van der Waals surface area contributed by atoms with Crippen LogP contribution in [0.3, 0.4) is 0 Å². The highest BCUT2D eigenvalue weighted by molar-refractivity contribution is 8.00. The Hall–Kier alpha value is -2.02. The van der Waals surface area contributed by atoms with Gasteiger partial charge in [-0.1, -0.05) is 36.9 Å². The summed E-state index contributed by atoms with van der Waals surface area (Å²) in [5.41, 5.74) is 1.99. The van der Waals surface area contributed by atoms with Crippen LogP contribution >= 0.6 is 11.8 Å². The number of benzene rings is 1. The third kappa shape index (κ3) is 3.06. The maximum Gasteiger partial charge on any atom is 0.343 e. The van der Waals surface area contributed by atoms with E-state index in [-0.39, 0.29) is 16.8 Å². The summed E-state index contributed by atoms with van der Waals surface area (Å²) in [6, 6.07) is 8.00. The fraction of sp³-hybridized carbons (Fsp3) is 0.438. The fourth-order valence-electron chi connectivity index (χ4n) is 2.81. The van der Waals surface area contributed by atoms with Gasteiger partial charge in [-0.05, 0) is 31.4 Å². The molecule has 6 nitrogen and oxygen atoms in total. The number of thioether (sulfide) groups is 1. The summed E-state index contributed by atoms with van der Waals surface area (Å²) in [6.45, 7) is 5.18. The smallest absolute Gasteiger partial charge is 0.311 e. The van der Waals surface area contributed by atoms with E-state index in [1.165, 1.54) is 17.3 Å². The number of aromatic nitrogens is 3. The van der Waals surface area contributed by atoms with Gasteiger partial charge in [-0.2, -0.15) is 0 Å². The van der Waals surface area contributed by atoms with Crippen LogP contribution in [0.5, 0.6) is 0 Å². The van der Waals surface area contributed by atoms with Crippen LogP contribution in [-0.2, 0) is 17.8 Å². The second-order valence-corrected chi connectivity index (χ2v) is 6.90. The predicted octanol–water partition coefficient (Wildman–Crippen LogP) is 2.05. The van der Waals surface area contributed by atoms with E-state index in [4.69, 9.17) is 0 Å². The third-order valence-electron chi connectivity index (χ3n) is 3.95. The summed E-state index contributed by atoms with van der Waals surface area (Å²) in [5.74, 6) is 0.0541. The van der Waals surface area contributed by atoms with Gasteiger partial charge in [0.05, 0.1) is 5.25 Å². The average Bonchev–Trinajstić information content (AvgIpc) is 3.13. The standard InChI is InChI=1S/C16H20N4O2S/c1-3-9-20-15(22)17-18-16(20)23-11(2)14(21)19-10-8-12-6-4-5-7-13(12)19/h4-7,11H,3,8-10H2,1-2H3,(H,17,22). The fourth-order valence-corrected chi connectivity index (χ4v) is 3.75. The lowest BCUT2D eigenvalue weighted by atomic mass is 10.2. The predicted molar refractivity (Wildman–Crippen MR) is 91.0 cm³/mol. The number of fused-ring (bicyclic) bond motifs is 1. The summed E-state index contributed by atoms with van der Waals surface area (Å²) >= 11 is 1.33. The van der Waals surface area contributed by atoms with Gasteiger partial charge in [-0.15, -0.1) is 5.10 Å². The van der Waals surface area contributed by atoms with E-state index in [0.717, 1.165) is 18.5 Å². The van der Waals surface area contributed by atoms with Crippen molar-refractivity contribution in [2.45, 2.75) is 43.6 Å². The molecular weight excluding hydrogens is 312 g/mol. The summed E-state index contributed by atoms with van der Waals surface area (Å²) in [5, 5.41) is 6.78. The van der Waals surface area contributed by atoms with Crippen molar-refractivity contribution in [2.24, 2.45) is 0 Å². The SMILES string of the molecule is CCCn1c(SC(C)C(=O)N2CCc3ccccc32)n[nH]c1=O. The highest BCUT2D eigenvalue weighted by atomic mass is 32.2. The molecule has 1 aromatic heterocycles. The van der Waals surface area contributed by atoms with Crippen LogP contribution in [0.2, 0.25) is 0 Å². The molecule has 0 aliphatic carbocycles. The molecule has 0 fully saturated rings. The average molecular weight is 332 g/mol. The molecule has 0 spiro atoms. The molecule has 1 aliphatic rings. The first-order chi connectivity index (χ1) is 11.1. The lowest BCUT2D eigenvalue weighted by Gasteiger charge is -2.21. The Morgan fingerprint density at radius 3 is 3.00 bits per heavy atom. The summed E-state index contributed by atoms with van der Waals surface area (Å²) in [6.07, 6.45) is 1.73. The molecule has 1 atom stereocenters. The van der Waals surface area contributed by atoms with Crippen molar-refractivity contribution < 1.29 is 4.79 Å². The Morgan fingerprint density at radius 2 is 2.22 bits per heavy atom. The lowest BCUT2D eigenvalue weighted by molar-refractivity contribution is -0.117. The van der Waals surface area contributed by atoms with E-state index < -0.39 is 0 Å². The van der Waals surface area contributed by atoms with E-state index in [1.54, 1.807) is 4.57 Å². The minimum absolute atomic E-state index is 0.0541. The maximum atomic E-state index is 12.8. The first-order valence-electron chi connectivity index (χ1n) is 7.83. The van der Waals surface area contributed by atoms with Gasteiger partial charge < -0.3 is 4.90 Å². The molecule has 0 radical (unpaired) electrons. The molecule has 3 rings (SSSR count). The molecule has 0 saturated carbocycles. The van der Waals surface area contributed by atoms with Crippen LogP contribution in [0.4, 0.5) is 5.69 Å². The van der Waals surface area contributed by atoms with Gasteiger partial charge in [0.15, 0.2) is 5.16 Å². The van der Waals surface area contributed by atoms with Crippen LogP contribution in [0.25, 0.3) is 0 Å². The summed E-state index contributed by atoms with van der Waals surface area (Å²) in [4.78, 5) is 26.3. The molecule has 1 N–H and O–H groups in total. The molecule has 1 aliphatic heterocycles. The Morgan fingerprint density at radius 1 is 1.43 bits per heavy atom. The lowest BCUT2D eigenvalue weighted by Crippen LogP contribution is -2.35. The van der Waals surface area contributed by atoms with E-state index in [1.807, 2.05) is 36.9 Å². The van der Waals surface area contributed by atoms with E-state index in [9.17, 15) is 9.59 Å². The monoisotopic (exact) mass is 332 g/mol. The minimum atomic E-state index is -0.299. The molecule has 1 unspecified atom stereocenters. The van der Waals surface area contributed by atoms with Gasteiger partial charge in [0.25, 0.3) is 0 Å². The number of carbonyl (C=O) groups excluding carboxylic acids is 1. The van der Waals surface area contributed by atoms with Gasteiger partial charge in [0, 0.05) is 18.8 Å². The van der Waals surface area contributed by atoms with Crippen molar-refractivity contribution in [3.05, 3.63) is 40.3 Å². The first-order valence-corrected chi connectivity index (χ1v) is 8.71. The molecular formula is C16H20N4O2S. The van der Waals surface area contributed by atoms with E-state index in [0.29, 0.717) is 18.2 Å². The van der Waals surface area contributed by atoms with Crippen molar-refractivity contribution >= 4 is 23.4 Å². The molecule has 2 aromatic rings. The van der Waals surface area contributed by atoms with E-state index >= 15 is 0 Å². The maximum absolute atomic E-state index is 12.8. The number of hydrogen-bond acceptors (Lipinski definition) is 4. The largest absolute Gasteiger partial charge is 0.343 e. The second kappa shape index (κ2) is 6.62. The van der Waals surface area contributed by atoms with E-state index in [2.05, 4.69) is 16.3 Å². The van der Waals surface area contributed by atoms with Crippen molar-refractivity contribution in [2.75, 3.05) is 11.4 Å². The number of H-pyrrole nitrogens is 1. The van der Waals surface area contributed by atoms with Crippen LogP contribution in [0.1, 0.15) is 25.8 Å². The van der Waals surface area contributed by atoms with Crippen molar-refractivity contribution in [3.63, 3.8) is 0 Å². The number of aromatic amines is 1. The highest BCUT2D eigenvalue weighted by Crippen LogP contribution is 2.30. The quantitative estimate of drug-likeness (QED) is 0.851. The van der Waals surface area contributed by atoms with Crippen LogP contribution < -0.4 is 10.6 Å². The van der Waals surface area contributed by atoms with Crippen LogP contribution in [0, 0.1) is 0 Å². The number of carbonyl (C=O) groups is 1. The van der Waals surface area contributed by atoms with Crippen molar-refractivity contribution in [1.82, 2.24) is 14.8 Å². The molecule has 0 saturated heterocycles. The summed E-state index contributed by atoms with van der Waals surface area (Å²) < 4.78 is 1.59. The number of nitrogens with zero attached hydrogens (tertiary/aromatic N) is 3. The molecule has 2 heterocycles. The highest BCUT2D eigenvalue weighted by Gasteiger charge is 2.29.